The first-order valence-corrected chi connectivity index (χ1v) is 8.09. The molecule has 2 aromatic carbocycles. The molecule has 2 aliphatic heterocycles. The summed E-state index contributed by atoms with van der Waals surface area (Å²) >= 11 is 0. The summed E-state index contributed by atoms with van der Waals surface area (Å²) < 4.78 is 21.9. The topological polar surface area (TPSA) is 95.1 Å². The zero-order valence-corrected chi connectivity index (χ0v) is 13.7. The van der Waals surface area contributed by atoms with Crippen molar-refractivity contribution in [2.75, 3.05) is 19.8 Å². The predicted octanol–water partition coefficient (Wildman–Crippen LogP) is 1.06. The largest absolute Gasteiger partial charge is 0.486 e. The van der Waals surface area contributed by atoms with Crippen LogP contribution in [0.3, 0.4) is 0 Å². The third kappa shape index (κ3) is 3.21. The lowest BCUT2D eigenvalue weighted by Crippen LogP contribution is -2.50. The fraction of sp³-hybridized carbons (Fsp3) is 0.222. The zero-order chi connectivity index (χ0) is 17.9. The summed E-state index contributed by atoms with van der Waals surface area (Å²) in [6.07, 6.45) is -0.856. The molecule has 8 heteroatoms. The van der Waals surface area contributed by atoms with Crippen molar-refractivity contribution in [3.05, 3.63) is 48.0 Å². The fourth-order valence-corrected chi connectivity index (χ4v) is 2.60. The summed E-state index contributed by atoms with van der Waals surface area (Å²) in [6.45, 7) is 0.958. The molecule has 8 nitrogen and oxygen atoms in total. The average molecular weight is 356 g/mol. The van der Waals surface area contributed by atoms with E-state index in [0.717, 1.165) is 0 Å². The number of benzene rings is 2. The predicted molar refractivity (Wildman–Crippen MR) is 89.4 cm³/mol. The van der Waals surface area contributed by atoms with Gasteiger partial charge in [0.05, 0.1) is 0 Å². The number of carbonyl (C=O) groups is 2. The Bertz CT molecular complexity index is 853. The van der Waals surface area contributed by atoms with E-state index in [1.807, 2.05) is 6.07 Å². The highest BCUT2D eigenvalue weighted by Crippen LogP contribution is 2.31. The summed E-state index contributed by atoms with van der Waals surface area (Å²) in [5.41, 5.74) is 5.04. The molecular formula is C18H16N2O6. The summed E-state index contributed by atoms with van der Waals surface area (Å²) in [5.74, 6) is 1.16. The van der Waals surface area contributed by atoms with Crippen molar-refractivity contribution in [1.82, 2.24) is 10.9 Å². The normalized spacial score (nSPS) is 17.2. The van der Waals surface area contributed by atoms with Crippen LogP contribution >= 0.6 is 0 Å². The van der Waals surface area contributed by atoms with Crippen LogP contribution in [0.15, 0.2) is 42.5 Å². The number of amides is 2. The van der Waals surface area contributed by atoms with Crippen LogP contribution in [-0.2, 0) is 4.79 Å². The minimum absolute atomic E-state index is 0.0583. The molecule has 0 fully saturated rings. The van der Waals surface area contributed by atoms with Crippen LogP contribution in [-0.4, -0.2) is 37.7 Å². The van der Waals surface area contributed by atoms with Gasteiger partial charge < -0.3 is 18.9 Å². The number of carbonyl (C=O) groups excluding carboxylic acids is 2. The number of nitrogens with one attached hydrogen (secondary N) is 2. The monoisotopic (exact) mass is 356 g/mol. The van der Waals surface area contributed by atoms with E-state index < -0.39 is 17.9 Å². The lowest BCUT2D eigenvalue weighted by molar-refractivity contribution is -0.131. The first-order chi connectivity index (χ1) is 12.7. The summed E-state index contributed by atoms with van der Waals surface area (Å²) in [6, 6.07) is 11.9. The highest BCUT2D eigenvalue weighted by molar-refractivity contribution is 5.96. The van der Waals surface area contributed by atoms with Crippen molar-refractivity contribution in [1.29, 1.82) is 0 Å². The van der Waals surface area contributed by atoms with E-state index in [1.54, 1.807) is 36.4 Å². The maximum absolute atomic E-state index is 12.2. The summed E-state index contributed by atoms with van der Waals surface area (Å²) in [4.78, 5) is 24.4. The average Bonchev–Trinajstić information content (AvgIpc) is 2.71. The molecule has 2 aliphatic rings. The van der Waals surface area contributed by atoms with Crippen LogP contribution in [0.1, 0.15) is 10.4 Å². The number of hydrazine groups is 1. The third-order valence-electron chi connectivity index (χ3n) is 3.90. The second kappa shape index (κ2) is 6.83. The molecule has 0 bridgehead atoms. The minimum Gasteiger partial charge on any atom is -0.486 e. The molecule has 2 aromatic rings. The number of hydrogen-bond acceptors (Lipinski definition) is 6. The minimum atomic E-state index is -0.856. The smallest absolute Gasteiger partial charge is 0.283 e. The molecule has 2 heterocycles. The number of hydrogen-bond donors (Lipinski definition) is 2. The Labute approximate surface area is 149 Å². The van der Waals surface area contributed by atoms with E-state index in [1.165, 1.54) is 0 Å². The Balaban J connectivity index is 1.35. The van der Waals surface area contributed by atoms with Gasteiger partial charge in [0.2, 0.25) is 6.10 Å². The second-order valence-electron chi connectivity index (χ2n) is 5.67. The van der Waals surface area contributed by atoms with E-state index in [0.29, 0.717) is 41.8 Å². The molecular weight excluding hydrogens is 340 g/mol. The lowest BCUT2D eigenvalue weighted by atomic mass is 10.2. The Kier molecular flexibility index (Phi) is 4.22. The van der Waals surface area contributed by atoms with Crippen LogP contribution in [0.2, 0.25) is 0 Å². The molecule has 0 saturated carbocycles. The van der Waals surface area contributed by atoms with Gasteiger partial charge in [0, 0.05) is 5.56 Å². The van der Waals surface area contributed by atoms with Gasteiger partial charge >= 0.3 is 0 Å². The van der Waals surface area contributed by atoms with Gasteiger partial charge in [-0.2, -0.15) is 0 Å². The van der Waals surface area contributed by atoms with Crippen LogP contribution in [0.5, 0.6) is 23.0 Å². The molecule has 0 aliphatic carbocycles. The molecule has 134 valence electrons. The molecule has 0 unspecified atom stereocenters. The quantitative estimate of drug-likeness (QED) is 0.782. The van der Waals surface area contributed by atoms with Crippen molar-refractivity contribution in [3.8, 4) is 23.0 Å². The molecule has 1 atom stereocenters. The Morgan fingerprint density at radius 2 is 1.58 bits per heavy atom. The van der Waals surface area contributed by atoms with E-state index in [2.05, 4.69) is 10.9 Å². The van der Waals surface area contributed by atoms with Gasteiger partial charge in [-0.3, -0.25) is 20.4 Å². The number of fused-ring (bicyclic) bond motifs is 2. The molecule has 0 spiro atoms. The van der Waals surface area contributed by atoms with Crippen molar-refractivity contribution in [2.24, 2.45) is 0 Å². The van der Waals surface area contributed by atoms with Crippen LogP contribution in [0, 0.1) is 0 Å². The number of para-hydroxylation sites is 2. The third-order valence-corrected chi connectivity index (χ3v) is 3.90. The van der Waals surface area contributed by atoms with Gasteiger partial charge in [0.15, 0.2) is 23.0 Å². The fourth-order valence-electron chi connectivity index (χ4n) is 2.60. The molecule has 2 N–H and O–H groups in total. The Morgan fingerprint density at radius 1 is 0.846 bits per heavy atom. The number of rotatable bonds is 2. The molecule has 0 saturated heterocycles. The lowest BCUT2D eigenvalue weighted by Gasteiger charge is -2.25. The number of ether oxygens (including phenoxy) is 4. The van der Waals surface area contributed by atoms with E-state index in [4.69, 9.17) is 18.9 Å². The van der Waals surface area contributed by atoms with Gasteiger partial charge in [-0.15, -0.1) is 0 Å². The van der Waals surface area contributed by atoms with E-state index in [9.17, 15) is 9.59 Å². The first kappa shape index (κ1) is 16.1. The Morgan fingerprint density at radius 3 is 2.42 bits per heavy atom. The summed E-state index contributed by atoms with van der Waals surface area (Å²) in [7, 11) is 0. The van der Waals surface area contributed by atoms with Gasteiger partial charge in [-0.05, 0) is 30.3 Å². The Hall–Kier alpha value is -3.42. The first-order valence-electron chi connectivity index (χ1n) is 8.09. The van der Waals surface area contributed by atoms with E-state index >= 15 is 0 Å². The van der Waals surface area contributed by atoms with Gasteiger partial charge in [-0.1, -0.05) is 12.1 Å². The van der Waals surface area contributed by atoms with Crippen LogP contribution in [0.4, 0.5) is 0 Å². The van der Waals surface area contributed by atoms with Crippen LogP contribution < -0.4 is 29.8 Å². The standard InChI is InChI=1S/C18H16N2O6/c21-17(11-5-6-13-15(9-11)24-8-7-23-13)19-20-18(22)16-10-25-12-3-1-2-4-14(12)26-16/h1-6,9,16H,7-8,10H2,(H,19,21)(H,20,22)/t16-/m1/s1. The van der Waals surface area contributed by atoms with Crippen molar-refractivity contribution >= 4 is 11.8 Å². The maximum Gasteiger partial charge on any atom is 0.283 e. The molecule has 2 amide bonds. The van der Waals surface area contributed by atoms with E-state index in [-0.39, 0.29) is 6.61 Å². The zero-order valence-electron chi connectivity index (χ0n) is 13.7. The van der Waals surface area contributed by atoms with Crippen molar-refractivity contribution in [2.45, 2.75) is 6.10 Å². The molecule has 0 radical (unpaired) electrons. The van der Waals surface area contributed by atoms with Crippen molar-refractivity contribution < 1.29 is 28.5 Å². The molecule has 4 rings (SSSR count). The molecule has 0 aromatic heterocycles. The van der Waals surface area contributed by atoms with Gasteiger partial charge in [0.25, 0.3) is 11.8 Å². The van der Waals surface area contributed by atoms with Gasteiger partial charge in [-0.25, -0.2) is 0 Å². The second-order valence-corrected chi connectivity index (χ2v) is 5.67. The summed E-state index contributed by atoms with van der Waals surface area (Å²) in [5, 5.41) is 0. The highest BCUT2D eigenvalue weighted by atomic mass is 16.6. The SMILES string of the molecule is O=C(NNC(=O)[C@H]1COc2ccccc2O1)c1ccc2c(c1)OCCO2. The van der Waals surface area contributed by atoms with Crippen LogP contribution in [0.25, 0.3) is 0 Å². The van der Waals surface area contributed by atoms with Gasteiger partial charge in [0.1, 0.15) is 19.8 Å². The molecule has 26 heavy (non-hydrogen) atoms. The highest BCUT2D eigenvalue weighted by Gasteiger charge is 2.27. The maximum atomic E-state index is 12.2. The van der Waals surface area contributed by atoms with Crippen molar-refractivity contribution in [3.63, 3.8) is 0 Å².